The topological polar surface area (TPSA) is 90.5 Å². The number of aromatic nitrogens is 2. The van der Waals surface area contributed by atoms with Gasteiger partial charge in [0, 0.05) is 51.4 Å². The quantitative estimate of drug-likeness (QED) is 0.837. The summed E-state index contributed by atoms with van der Waals surface area (Å²) in [6, 6.07) is 2.09. The molecule has 2 N–H and O–H groups in total. The van der Waals surface area contributed by atoms with Crippen LogP contribution in [0.25, 0.3) is 0 Å². The van der Waals surface area contributed by atoms with Gasteiger partial charge >= 0.3 is 6.03 Å². The van der Waals surface area contributed by atoms with Gasteiger partial charge in [-0.3, -0.25) is 4.79 Å². The van der Waals surface area contributed by atoms with Gasteiger partial charge in [-0.25, -0.2) is 14.8 Å². The van der Waals surface area contributed by atoms with Gasteiger partial charge in [-0.1, -0.05) is 0 Å². The Hall–Kier alpha value is -2.38. The molecule has 1 aliphatic heterocycles. The van der Waals surface area contributed by atoms with Crippen LogP contribution in [0.3, 0.4) is 0 Å². The second-order valence-corrected chi connectivity index (χ2v) is 7.05. The smallest absolute Gasteiger partial charge is 0.317 e. The molecule has 8 nitrogen and oxygen atoms in total. The van der Waals surface area contributed by atoms with E-state index in [1.807, 2.05) is 17.9 Å². The number of urea groups is 1. The van der Waals surface area contributed by atoms with Crippen molar-refractivity contribution in [2.75, 3.05) is 38.1 Å². The largest absolute Gasteiger partial charge is 0.359 e. The molecule has 0 atom stereocenters. The van der Waals surface area contributed by atoms with Crippen molar-refractivity contribution in [1.29, 1.82) is 0 Å². The van der Waals surface area contributed by atoms with Crippen molar-refractivity contribution >= 4 is 17.8 Å². The Morgan fingerprint density at radius 3 is 2.42 bits per heavy atom. The summed E-state index contributed by atoms with van der Waals surface area (Å²) in [5, 5.41) is 5.86. The minimum Gasteiger partial charge on any atom is -0.359 e. The van der Waals surface area contributed by atoms with Gasteiger partial charge in [0.2, 0.25) is 5.91 Å². The lowest BCUT2D eigenvalue weighted by molar-refractivity contribution is -0.125. The number of anilines is 1. The Morgan fingerprint density at radius 2 is 1.81 bits per heavy atom. The molecule has 2 aliphatic rings. The Morgan fingerprint density at radius 1 is 1.12 bits per heavy atom. The van der Waals surface area contributed by atoms with E-state index in [-0.39, 0.29) is 23.9 Å². The molecule has 0 aromatic carbocycles. The van der Waals surface area contributed by atoms with E-state index < -0.39 is 0 Å². The first kappa shape index (κ1) is 18.4. The van der Waals surface area contributed by atoms with Crippen molar-refractivity contribution < 1.29 is 9.59 Å². The number of piperazine rings is 1. The van der Waals surface area contributed by atoms with Gasteiger partial charge in [0.1, 0.15) is 11.6 Å². The normalized spacial score (nSPS) is 23.5. The second kappa shape index (κ2) is 8.33. The number of carbonyl (C=O) groups excluding carboxylic acids is 2. The van der Waals surface area contributed by atoms with E-state index in [0.717, 1.165) is 50.4 Å². The highest BCUT2D eigenvalue weighted by molar-refractivity contribution is 5.78. The predicted octanol–water partition coefficient (Wildman–Crippen LogP) is 0.921. The van der Waals surface area contributed by atoms with E-state index >= 15 is 0 Å². The summed E-state index contributed by atoms with van der Waals surface area (Å²) in [6.45, 7) is 4.79. The van der Waals surface area contributed by atoms with Crippen LogP contribution < -0.4 is 15.5 Å². The van der Waals surface area contributed by atoms with Gasteiger partial charge < -0.3 is 20.4 Å². The fourth-order valence-electron chi connectivity index (χ4n) is 3.73. The van der Waals surface area contributed by atoms with E-state index in [9.17, 15) is 9.59 Å². The number of nitrogens with one attached hydrogen (secondary N) is 2. The van der Waals surface area contributed by atoms with E-state index in [4.69, 9.17) is 0 Å². The molecule has 8 heteroatoms. The number of carbonyl (C=O) groups is 2. The molecule has 142 valence electrons. The monoisotopic (exact) mass is 360 g/mol. The number of aryl methyl sites for hydroxylation is 1. The number of nitrogens with zero attached hydrogens (tertiary/aromatic N) is 4. The Kier molecular flexibility index (Phi) is 5.90. The number of rotatable bonds is 3. The van der Waals surface area contributed by atoms with Gasteiger partial charge in [-0.05, 0) is 38.7 Å². The lowest BCUT2D eigenvalue weighted by atomic mass is 9.85. The molecule has 1 saturated carbocycles. The summed E-state index contributed by atoms with van der Waals surface area (Å²) in [5.74, 6) is 1.89. The van der Waals surface area contributed by atoms with E-state index in [0.29, 0.717) is 13.1 Å². The summed E-state index contributed by atoms with van der Waals surface area (Å²) in [4.78, 5) is 36.9. The van der Waals surface area contributed by atoms with Crippen molar-refractivity contribution in [1.82, 2.24) is 25.5 Å². The molecule has 1 aliphatic carbocycles. The van der Waals surface area contributed by atoms with Gasteiger partial charge in [0.25, 0.3) is 0 Å². The fourth-order valence-corrected chi connectivity index (χ4v) is 3.73. The minimum atomic E-state index is 0.00640. The zero-order chi connectivity index (χ0) is 18.5. The third-order valence-corrected chi connectivity index (χ3v) is 5.32. The van der Waals surface area contributed by atoms with Crippen LogP contribution >= 0.6 is 0 Å². The number of amides is 3. The Balaban J connectivity index is 1.44. The van der Waals surface area contributed by atoms with E-state index in [2.05, 4.69) is 25.5 Å². The van der Waals surface area contributed by atoms with Crippen molar-refractivity contribution in [2.45, 2.75) is 38.6 Å². The Labute approximate surface area is 154 Å². The van der Waals surface area contributed by atoms with Crippen molar-refractivity contribution in [3.05, 3.63) is 18.1 Å². The van der Waals surface area contributed by atoms with Gasteiger partial charge in [0.15, 0.2) is 0 Å². The van der Waals surface area contributed by atoms with Crippen molar-refractivity contribution in [3.63, 3.8) is 0 Å². The summed E-state index contributed by atoms with van der Waals surface area (Å²) >= 11 is 0. The van der Waals surface area contributed by atoms with Gasteiger partial charge in [0.05, 0.1) is 0 Å². The van der Waals surface area contributed by atoms with Crippen molar-refractivity contribution in [2.24, 2.45) is 5.92 Å². The maximum Gasteiger partial charge on any atom is 0.317 e. The molecule has 3 rings (SSSR count). The van der Waals surface area contributed by atoms with E-state index in [1.54, 1.807) is 13.2 Å². The SMILES string of the molecule is CNC(=O)C1CCC(NC(=O)N2CCN(c3ccnc(C)n3)CC2)CC1. The third-order valence-electron chi connectivity index (χ3n) is 5.32. The molecule has 0 bridgehead atoms. The zero-order valence-corrected chi connectivity index (χ0v) is 15.6. The Bertz CT molecular complexity index is 636. The maximum absolute atomic E-state index is 12.5. The highest BCUT2D eigenvalue weighted by Crippen LogP contribution is 2.24. The molecule has 1 aromatic heterocycles. The fraction of sp³-hybridized carbons (Fsp3) is 0.667. The second-order valence-electron chi connectivity index (χ2n) is 7.05. The molecular weight excluding hydrogens is 332 g/mol. The molecule has 2 fully saturated rings. The molecule has 26 heavy (non-hydrogen) atoms. The van der Waals surface area contributed by atoms with Crippen LogP contribution in [0.1, 0.15) is 31.5 Å². The predicted molar refractivity (Wildman–Crippen MR) is 98.9 cm³/mol. The molecular formula is C18H28N6O2. The standard InChI is InChI=1S/C18H28N6O2/c1-13-20-8-7-16(21-13)23-9-11-24(12-10-23)18(26)22-15-5-3-14(4-6-15)17(25)19-2/h7-8,14-15H,3-6,9-12H2,1-2H3,(H,19,25)(H,22,26). The first-order valence-electron chi connectivity index (χ1n) is 9.38. The molecule has 0 radical (unpaired) electrons. The molecule has 2 heterocycles. The number of hydrogen-bond donors (Lipinski definition) is 2. The number of hydrogen-bond acceptors (Lipinski definition) is 5. The lowest BCUT2D eigenvalue weighted by Gasteiger charge is -2.37. The van der Waals surface area contributed by atoms with Crippen LogP contribution in [0.4, 0.5) is 10.6 Å². The molecule has 0 spiro atoms. The van der Waals surface area contributed by atoms with Crippen molar-refractivity contribution in [3.8, 4) is 0 Å². The van der Waals surface area contributed by atoms with E-state index in [1.165, 1.54) is 0 Å². The maximum atomic E-state index is 12.5. The highest BCUT2D eigenvalue weighted by Gasteiger charge is 2.28. The zero-order valence-electron chi connectivity index (χ0n) is 15.6. The van der Waals surface area contributed by atoms with Gasteiger partial charge in [-0.2, -0.15) is 0 Å². The molecule has 0 unspecified atom stereocenters. The van der Waals surface area contributed by atoms with Gasteiger partial charge in [-0.15, -0.1) is 0 Å². The summed E-state index contributed by atoms with van der Waals surface area (Å²) in [6.07, 6.45) is 5.18. The first-order chi connectivity index (χ1) is 12.6. The van der Waals surface area contributed by atoms with Crippen LogP contribution in [-0.2, 0) is 4.79 Å². The molecule has 3 amide bonds. The summed E-state index contributed by atoms with van der Waals surface area (Å²) < 4.78 is 0. The average Bonchev–Trinajstić information content (AvgIpc) is 2.68. The van der Waals surface area contributed by atoms with Crippen LogP contribution in [-0.4, -0.2) is 66.1 Å². The third kappa shape index (κ3) is 4.42. The van der Waals surface area contributed by atoms with Crippen LogP contribution in [0.15, 0.2) is 12.3 Å². The summed E-state index contributed by atoms with van der Waals surface area (Å²) in [5.41, 5.74) is 0. The minimum absolute atomic E-state index is 0.00640. The lowest BCUT2D eigenvalue weighted by Crippen LogP contribution is -2.54. The van der Waals surface area contributed by atoms with Crippen LogP contribution in [0.5, 0.6) is 0 Å². The summed E-state index contributed by atoms with van der Waals surface area (Å²) in [7, 11) is 1.68. The average molecular weight is 360 g/mol. The molecule has 1 aromatic rings. The van der Waals surface area contributed by atoms with Crippen LogP contribution in [0, 0.1) is 12.8 Å². The van der Waals surface area contributed by atoms with Crippen LogP contribution in [0.2, 0.25) is 0 Å². The first-order valence-corrected chi connectivity index (χ1v) is 9.38. The molecule has 1 saturated heterocycles. The highest BCUT2D eigenvalue weighted by atomic mass is 16.2.